The number of alkyl halides is 3. The van der Waals surface area contributed by atoms with E-state index < -0.39 is 40.9 Å². The van der Waals surface area contributed by atoms with Gasteiger partial charge in [0.2, 0.25) is 0 Å². The number of rotatable bonds is 2. The summed E-state index contributed by atoms with van der Waals surface area (Å²) in [5, 5.41) is 0. The molecule has 1 unspecified atom stereocenters. The van der Waals surface area contributed by atoms with E-state index in [0.717, 1.165) is 17.8 Å². The Morgan fingerprint density at radius 1 is 1.00 bits per heavy atom. The van der Waals surface area contributed by atoms with E-state index in [9.17, 15) is 22.8 Å². The lowest BCUT2D eigenvalue weighted by Crippen LogP contribution is -2.71. The number of nitrogens with zero attached hydrogens (tertiary/aromatic N) is 2. The first kappa shape index (κ1) is 23.3. The zero-order valence-electron chi connectivity index (χ0n) is 19.5. The first-order valence-corrected chi connectivity index (χ1v) is 11.3. The van der Waals surface area contributed by atoms with Crippen LogP contribution < -0.4 is 14.5 Å². The number of carbonyl (C=O) groups excluding carboxylic acids is 2. The van der Waals surface area contributed by atoms with Crippen LogP contribution in [0.4, 0.5) is 24.5 Å². The molecule has 7 nitrogen and oxygen atoms in total. The van der Waals surface area contributed by atoms with Gasteiger partial charge in [0.1, 0.15) is 5.75 Å². The van der Waals surface area contributed by atoms with Crippen LogP contribution in [0.2, 0.25) is 0 Å². The summed E-state index contributed by atoms with van der Waals surface area (Å²) in [6.07, 6.45) is -4.79. The summed E-state index contributed by atoms with van der Waals surface area (Å²) in [5.74, 6) is -2.33. The van der Waals surface area contributed by atoms with Crippen LogP contribution in [0, 0.1) is 5.41 Å². The van der Waals surface area contributed by atoms with Crippen LogP contribution in [0.5, 0.6) is 5.75 Å². The van der Waals surface area contributed by atoms with Crippen LogP contribution >= 0.6 is 0 Å². The Bertz CT molecular complexity index is 1160. The van der Waals surface area contributed by atoms with Crippen molar-refractivity contribution in [3.63, 3.8) is 0 Å². The zero-order chi connectivity index (χ0) is 25.2. The highest BCUT2D eigenvalue weighted by molar-refractivity contribution is 6.04. The van der Waals surface area contributed by atoms with Crippen molar-refractivity contribution in [2.45, 2.75) is 38.3 Å². The van der Waals surface area contributed by atoms with Gasteiger partial charge in [-0.3, -0.25) is 9.59 Å². The van der Waals surface area contributed by atoms with Gasteiger partial charge >= 0.3 is 18.1 Å². The number of esters is 2. The number of piperazine rings is 1. The van der Waals surface area contributed by atoms with Crippen molar-refractivity contribution in [2.24, 2.45) is 5.41 Å². The molecule has 2 saturated heterocycles. The molecule has 1 spiro atoms. The first-order chi connectivity index (χ1) is 16.4. The molecule has 186 valence electrons. The summed E-state index contributed by atoms with van der Waals surface area (Å²) in [6.45, 7) is 4.11. The second-order valence-electron chi connectivity index (χ2n) is 9.52. The molecule has 2 aromatic rings. The molecule has 0 radical (unpaired) electrons. The third-order valence-electron chi connectivity index (χ3n) is 6.98. The molecular formula is C25H25F3N2O5. The van der Waals surface area contributed by atoms with Gasteiger partial charge < -0.3 is 24.0 Å². The maximum atomic E-state index is 13.5. The number of hydrogen-bond donors (Lipinski definition) is 0. The lowest BCUT2D eigenvalue weighted by atomic mass is 9.69. The molecule has 3 aliphatic rings. The molecule has 0 N–H and O–H groups in total. The van der Waals surface area contributed by atoms with Gasteiger partial charge in [-0.1, -0.05) is 0 Å². The number of carbonyl (C=O) groups is 2. The highest BCUT2D eigenvalue weighted by Crippen LogP contribution is 2.49. The van der Waals surface area contributed by atoms with Crippen molar-refractivity contribution in [3.8, 4) is 5.75 Å². The smallest absolute Gasteiger partial charge is 0.416 e. The highest BCUT2D eigenvalue weighted by atomic mass is 19.4. The van der Waals surface area contributed by atoms with E-state index in [1.54, 1.807) is 7.11 Å². The molecule has 2 fully saturated rings. The number of anilines is 2. The standard InChI is InChI=1S/C25H25F3N2O5/c1-23(2)34-21(31)24(22(32)35-23)13-15-12-16(25(26,27)28)4-9-19(15)30-11-10-29(14-20(24)30)17-5-7-18(33-3)8-6-17/h4-9,12,20H,10-11,13-14H2,1-3H3. The number of methoxy groups -OCH3 is 1. The van der Waals surface area contributed by atoms with Crippen LogP contribution in [0.25, 0.3) is 0 Å². The number of hydrogen-bond acceptors (Lipinski definition) is 7. The third kappa shape index (κ3) is 3.75. The fourth-order valence-corrected chi connectivity index (χ4v) is 5.27. The number of benzene rings is 2. The molecule has 0 aromatic heterocycles. The average molecular weight is 490 g/mol. The quantitative estimate of drug-likeness (QED) is 0.469. The maximum Gasteiger partial charge on any atom is 0.416 e. The van der Waals surface area contributed by atoms with Gasteiger partial charge in [0.15, 0.2) is 5.41 Å². The second-order valence-corrected chi connectivity index (χ2v) is 9.52. The SMILES string of the molecule is COc1ccc(N2CCN3c4ccc(C(F)(F)F)cc4CC4(C(=O)OC(C)(C)OC4=O)C3C2)cc1. The van der Waals surface area contributed by atoms with E-state index in [1.807, 2.05) is 34.1 Å². The molecule has 2 aromatic carbocycles. The fourth-order valence-electron chi connectivity index (χ4n) is 5.27. The molecule has 10 heteroatoms. The summed E-state index contributed by atoms with van der Waals surface area (Å²) in [4.78, 5) is 30.8. The highest BCUT2D eigenvalue weighted by Gasteiger charge is 2.65. The lowest BCUT2D eigenvalue weighted by molar-refractivity contribution is -0.253. The van der Waals surface area contributed by atoms with Gasteiger partial charge in [-0.2, -0.15) is 13.2 Å². The van der Waals surface area contributed by atoms with E-state index in [0.29, 0.717) is 24.5 Å². The monoisotopic (exact) mass is 490 g/mol. The van der Waals surface area contributed by atoms with Gasteiger partial charge in [0.05, 0.1) is 18.7 Å². The lowest BCUT2D eigenvalue weighted by Gasteiger charge is -2.55. The van der Waals surface area contributed by atoms with Gasteiger partial charge in [-0.15, -0.1) is 0 Å². The summed E-state index contributed by atoms with van der Waals surface area (Å²) in [5.41, 5.74) is -0.912. The molecule has 1 atom stereocenters. The summed E-state index contributed by atoms with van der Waals surface area (Å²) in [7, 11) is 1.57. The Morgan fingerprint density at radius 3 is 2.26 bits per heavy atom. The van der Waals surface area contributed by atoms with Crippen molar-refractivity contribution in [1.29, 1.82) is 0 Å². The molecule has 0 aliphatic carbocycles. The number of ether oxygens (including phenoxy) is 3. The zero-order valence-corrected chi connectivity index (χ0v) is 19.5. The fraction of sp³-hybridized carbons (Fsp3) is 0.440. The Hall–Kier alpha value is -3.43. The van der Waals surface area contributed by atoms with Gasteiger partial charge in [0.25, 0.3) is 5.79 Å². The van der Waals surface area contributed by atoms with Crippen LogP contribution in [0.1, 0.15) is 25.0 Å². The Labute approximate surface area is 200 Å². The molecule has 0 saturated carbocycles. The summed E-state index contributed by atoms with van der Waals surface area (Å²) >= 11 is 0. The topological polar surface area (TPSA) is 68.3 Å². The minimum atomic E-state index is -4.55. The molecule has 0 amide bonds. The molecule has 3 heterocycles. The van der Waals surface area contributed by atoms with E-state index in [2.05, 4.69) is 0 Å². The van der Waals surface area contributed by atoms with Crippen LogP contribution in [0.3, 0.4) is 0 Å². The summed E-state index contributed by atoms with van der Waals surface area (Å²) in [6, 6.07) is 10.2. The second kappa shape index (κ2) is 7.79. The minimum absolute atomic E-state index is 0.238. The van der Waals surface area contributed by atoms with Gasteiger partial charge in [0, 0.05) is 51.3 Å². The molecule has 3 aliphatic heterocycles. The average Bonchev–Trinajstić information content (AvgIpc) is 2.80. The van der Waals surface area contributed by atoms with Crippen molar-refractivity contribution < 1.29 is 37.0 Å². The van der Waals surface area contributed by atoms with E-state index >= 15 is 0 Å². The normalized spacial score (nSPS) is 22.7. The van der Waals surface area contributed by atoms with E-state index in [1.165, 1.54) is 19.9 Å². The van der Waals surface area contributed by atoms with Gasteiger partial charge in [-0.25, -0.2) is 0 Å². The van der Waals surface area contributed by atoms with E-state index in [-0.39, 0.29) is 18.5 Å². The van der Waals surface area contributed by atoms with Crippen molar-refractivity contribution >= 4 is 23.3 Å². The van der Waals surface area contributed by atoms with Crippen molar-refractivity contribution in [1.82, 2.24) is 0 Å². The number of cyclic esters (lactones) is 2. The minimum Gasteiger partial charge on any atom is -0.497 e. The van der Waals surface area contributed by atoms with Gasteiger partial charge in [-0.05, 0) is 48.0 Å². The van der Waals surface area contributed by atoms with Crippen molar-refractivity contribution in [3.05, 3.63) is 53.6 Å². The van der Waals surface area contributed by atoms with E-state index in [4.69, 9.17) is 14.2 Å². The molecule has 5 rings (SSSR count). The van der Waals surface area contributed by atoms with Crippen LogP contribution in [-0.2, 0) is 31.7 Å². The first-order valence-electron chi connectivity index (χ1n) is 11.3. The molecular weight excluding hydrogens is 465 g/mol. The predicted octanol–water partition coefficient (Wildman–Crippen LogP) is 3.79. The molecule has 0 bridgehead atoms. The maximum absolute atomic E-state index is 13.5. The third-order valence-corrected chi connectivity index (χ3v) is 6.98. The number of halogens is 3. The Kier molecular flexibility index (Phi) is 5.19. The van der Waals surface area contributed by atoms with Crippen LogP contribution in [0.15, 0.2) is 42.5 Å². The molecule has 35 heavy (non-hydrogen) atoms. The largest absolute Gasteiger partial charge is 0.497 e. The van der Waals surface area contributed by atoms with Crippen LogP contribution in [-0.4, -0.2) is 50.5 Å². The Morgan fingerprint density at radius 2 is 1.66 bits per heavy atom. The Balaban J connectivity index is 1.59. The summed E-state index contributed by atoms with van der Waals surface area (Å²) < 4.78 is 56.6. The number of fused-ring (bicyclic) bond motifs is 4. The van der Waals surface area contributed by atoms with Crippen molar-refractivity contribution in [2.75, 3.05) is 36.5 Å². The predicted molar refractivity (Wildman–Crippen MR) is 120 cm³/mol.